The largest absolute Gasteiger partial charge is 0.255 e. The van der Waals surface area contributed by atoms with Crippen molar-refractivity contribution >= 4 is 38.4 Å². The van der Waals surface area contributed by atoms with Crippen LogP contribution in [-0.4, -0.2) is 4.21 Å². The highest BCUT2D eigenvalue weighted by Crippen LogP contribution is 2.29. The van der Waals surface area contributed by atoms with E-state index in [9.17, 15) is 8.60 Å². The Morgan fingerprint density at radius 3 is 2.00 bits per heavy atom. The van der Waals surface area contributed by atoms with Crippen molar-refractivity contribution in [3.63, 3.8) is 0 Å². The van der Waals surface area contributed by atoms with Crippen molar-refractivity contribution in [3.8, 4) is 0 Å². The van der Waals surface area contributed by atoms with Crippen molar-refractivity contribution in [2.24, 2.45) is 0 Å². The van der Waals surface area contributed by atoms with E-state index in [1.807, 2.05) is 30.3 Å². The number of hydrogen-bond acceptors (Lipinski definition) is 1. The molecule has 1 nitrogen and oxygen atoms in total. The predicted molar refractivity (Wildman–Crippen MR) is 109 cm³/mol. The van der Waals surface area contributed by atoms with Crippen molar-refractivity contribution in [3.05, 3.63) is 101 Å². The molecule has 4 aromatic carbocycles. The second-order valence-corrected chi connectivity index (χ2v) is 7.51. The van der Waals surface area contributed by atoms with Crippen LogP contribution in [0.15, 0.2) is 84.3 Å². The second-order valence-electron chi connectivity index (χ2n) is 6.19. The van der Waals surface area contributed by atoms with Gasteiger partial charge in [0, 0.05) is 5.41 Å². The lowest BCUT2D eigenvalue weighted by Gasteiger charge is -2.08. The van der Waals surface area contributed by atoms with Gasteiger partial charge < -0.3 is 0 Å². The second kappa shape index (κ2) is 7.22. The van der Waals surface area contributed by atoms with Gasteiger partial charge in [0.05, 0.1) is 16.6 Å². The summed E-state index contributed by atoms with van der Waals surface area (Å²) in [5, 5.41) is 6.34. The first-order valence-electron chi connectivity index (χ1n) is 8.41. The molecule has 0 saturated heterocycles. The highest BCUT2D eigenvalue weighted by atomic mass is 32.2. The molecule has 1 unspecified atom stereocenters. The zero-order valence-electron chi connectivity index (χ0n) is 14.1. The Balaban J connectivity index is 1.71. The third-order valence-corrected chi connectivity index (χ3v) is 5.48. The van der Waals surface area contributed by atoms with Gasteiger partial charge in [-0.15, -0.1) is 0 Å². The fraction of sp³-hybridized carbons (Fsp3) is 0.0435. The highest BCUT2D eigenvalue weighted by Gasteiger charge is 2.05. The van der Waals surface area contributed by atoms with Gasteiger partial charge in [0.2, 0.25) is 0 Å². The number of benzene rings is 4. The molecule has 128 valence electrons. The summed E-state index contributed by atoms with van der Waals surface area (Å²) < 4.78 is 25.5. The molecule has 0 fully saturated rings. The Hall–Kier alpha value is -2.78. The van der Waals surface area contributed by atoms with Gasteiger partial charge in [0.1, 0.15) is 5.82 Å². The van der Waals surface area contributed by atoms with Gasteiger partial charge in [-0.1, -0.05) is 60.7 Å². The summed E-state index contributed by atoms with van der Waals surface area (Å²) in [5.41, 5.74) is 1.93. The third kappa shape index (κ3) is 3.44. The van der Waals surface area contributed by atoms with E-state index in [4.69, 9.17) is 0 Å². The zero-order chi connectivity index (χ0) is 17.9. The summed E-state index contributed by atoms with van der Waals surface area (Å²) in [7, 11) is -1.17. The SMILES string of the molecule is O=S(/C=C/c1c2ccccc2cc2ccccc12)Cc1ccc(F)cc1. The van der Waals surface area contributed by atoms with Crippen molar-refractivity contribution in [1.82, 2.24) is 0 Å². The molecule has 0 amide bonds. The molecule has 4 rings (SSSR count). The van der Waals surface area contributed by atoms with Gasteiger partial charge in [0.15, 0.2) is 0 Å². The lowest BCUT2D eigenvalue weighted by molar-refractivity contribution is 0.627. The molecule has 3 heteroatoms. The molecule has 0 aromatic heterocycles. The number of halogens is 1. The molecule has 0 aliphatic rings. The van der Waals surface area contributed by atoms with Gasteiger partial charge in [-0.05, 0) is 56.9 Å². The maximum atomic E-state index is 13.0. The van der Waals surface area contributed by atoms with Crippen LogP contribution in [0.25, 0.3) is 27.6 Å². The summed E-state index contributed by atoms with van der Waals surface area (Å²) in [6.07, 6.45) is 1.95. The highest BCUT2D eigenvalue weighted by molar-refractivity contribution is 7.87. The molecule has 0 saturated carbocycles. The molecule has 0 bridgehead atoms. The quantitative estimate of drug-likeness (QED) is 0.405. The average molecular weight is 360 g/mol. The van der Waals surface area contributed by atoms with Crippen LogP contribution in [0, 0.1) is 5.82 Å². The smallest absolute Gasteiger partial charge is 0.123 e. The van der Waals surface area contributed by atoms with E-state index in [0.717, 1.165) is 32.7 Å². The van der Waals surface area contributed by atoms with Crippen molar-refractivity contribution < 1.29 is 8.60 Å². The number of rotatable bonds is 4. The van der Waals surface area contributed by atoms with Crippen molar-refractivity contribution in [1.29, 1.82) is 0 Å². The van der Waals surface area contributed by atoms with Gasteiger partial charge in [-0.25, -0.2) is 4.39 Å². The minimum absolute atomic E-state index is 0.280. The van der Waals surface area contributed by atoms with Crippen LogP contribution < -0.4 is 0 Å². The standard InChI is InChI=1S/C23H17FOS/c24-20-11-9-17(10-12-20)16-26(25)14-13-23-21-7-3-1-5-18(21)15-19-6-2-4-8-22(19)23/h1-15H,16H2/b14-13+. The Bertz CT molecular complexity index is 1080. The van der Waals surface area contributed by atoms with E-state index < -0.39 is 10.8 Å². The Morgan fingerprint density at radius 2 is 1.38 bits per heavy atom. The van der Waals surface area contributed by atoms with Crippen LogP contribution in [0.3, 0.4) is 0 Å². The first kappa shape index (κ1) is 16.7. The van der Waals surface area contributed by atoms with E-state index in [1.165, 1.54) is 12.1 Å². The lowest BCUT2D eigenvalue weighted by Crippen LogP contribution is -1.92. The van der Waals surface area contributed by atoms with Gasteiger partial charge in [0.25, 0.3) is 0 Å². The zero-order valence-corrected chi connectivity index (χ0v) is 14.9. The normalized spacial score (nSPS) is 12.8. The first-order valence-corrected chi connectivity index (χ1v) is 9.79. The van der Waals surface area contributed by atoms with Crippen LogP contribution in [-0.2, 0) is 16.6 Å². The van der Waals surface area contributed by atoms with Crippen LogP contribution in [0.1, 0.15) is 11.1 Å². The van der Waals surface area contributed by atoms with E-state index in [2.05, 4.69) is 30.3 Å². The summed E-state index contributed by atoms with van der Waals surface area (Å²) >= 11 is 0. The fourth-order valence-corrected chi connectivity index (χ4v) is 4.07. The Labute approximate surface area is 154 Å². The summed E-state index contributed by atoms with van der Waals surface area (Å²) in [6.45, 7) is 0. The summed E-state index contributed by atoms with van der Waals surface area (Å²) in [6, 6.07) is 24.8. The van der Waals surface area contributed by atoms with Crippen molar-refractivity contribution in [2.75, 3.05) is 0 Å². The fourth-order valence-electron chi connectivity index (χ4n) is 3.17. The van der Waals surface area contributed by atoms with Crippen molar-refractivity contribution in [2.45, 2.75) is 5.75 Å². The molecule has 0 aliphatic carbocycles. The van der Waals surface area contributed by atoms with E-state index >= 15 is 0 Å². The minimum Gasteiger partial charge on any atom is -0.255 e. The van der Waals surface area contributed by atoms with Gasteiger partial charge in [-0.2, -0.15) is 0 Å². The molecule has 0 spiro atoms. The summed E-state index contributed by atoms with van der Waals surface area (Å²) in [4.78, 5) is 0. The molecule has 0 heterocycles. The van der Waals surface area contributed by atoms with Gasteiger partial charge >= 0.3 is 0 Å². The molecule has 0 aliphatic heterocycles. The average Bonchev–Trinajstić information content (AvgIpc) is 2.67. The maximum absolute atomic E-state index is 13.0. The van der Waals surface area contributed by atoms with E-state index in [1.54, 1.807) is 17.5 Å². The van der Waals surface area contributed by atoms with Crippen LogP contribution in [0.2, 0.25) is 0 Å². The molecule has 26 heavy (non-hydrogen) atoms. The van der Waals surface area contributed by atoms with E-state index in [-0.39, 0.29) is 5.82 Å². The molecule has 0 N–H and O–H groups in total. The summed E-state index contributed by atoms with van der Waals surface area (Å²) in [5.74, 6) is 0.0942. The topological polar surface area (TPSA) is 17.1 Å². The molecule has 0 radical (unpaired) electrons. The number of hydrogen-bond donors (Lipinski definition) is 0. The van der Waals surface area contributed by atoms with E-state index in [0.29, 0.717) is 5.75 Å². The third-order valence-electron chi connectivity index (χ3n) is 4.42. The van der Waals surface area contributed by atoms with Crippen LogP contribution in [0.5, 0.6) is 0 Å². The predicted octanol–water partition coefficient (Wildman–Crippen LogP) is 6.05. The van der Waals surface area contributed by atoms with Crippen LogP contribution >= 0.6 is 0 Å². The molecule has 1 atom stereocenters. The minimum atomic E-state index is -1.17. The maximum Gasteiger partial charge on any atom is 0.123 e. The van der Waals surface area contributed by atoms with Crippen LogP contribution in [0.4, 0.5) is 4.39 Å². The Morgan fingerprint density at radius 1 is 0.808 bits per heavy atom. The molecular weight excluding hydrogens is 343 g/mol. The number of fused-ring (bicyclic) bond motifs is 2. The van der Waals surface area contributed by atoms with Gasteiger partial charge in [-0.3, -0.25) is 4.21 Å². The Kier molecular flexibility index (Phi) is 4.63. The molecular formula is C23H17FOS. The molecule has 4 aromatic rings. The lowest BCUT2D eigenvalue weighted by atomic mass is 9.97. The monoisotopic (exact) mass is 360 g/mol. The first-order chi connectivity index (χ1) is 12.7.